The average Bonchev–Trinajstić information content (AvgIpc) is 2.65. The van der Waals surface area contributed by atoms with Gasteiger partial charge in [0, 0.05) is 28.6 Å². The third-order valence-corrected chi connectivity index (χ3v) is 4.20. The molecule has 0 bridgehead atoms. The second-order valence-corrected chi connectivity index (χ2v) is 6.65. The highest BCUT2D eigenvalue weighted by atomic mass is 32.1. The topological polar surface area (TPSA) is 66.4 Å². The first kappa shape index (κ1) is 16.7. The summed E-state index contributed by atoms with van der Waals surface area (Å²) in [4.78, 5) is 24.8. The molecule has 1 aromatic rings. The highest BCUT2D eigenvalue weighted by molar-refractivity contribution is 7.12. The standard InChI is InChI=1S/C15H23NO3S/c1-10(7-8-15(18)19)16-14(17)6-4-5-13-9-11(2)20-12(13)3/h9-10H,4-8H2,1-3H3,(H,16,17)(H,18,19). The van der Waals surface area contributed by atoms with Crippen LogP contribution in [0.15, 0.2) is 6.07 Å². The van der Waals surface area contributed by atoms with Gasteiger partial charge in [0.1, 0.15) is 0 Å². The van der Waals surface area contributed by atoms with Gasteiger partial charge in [0.15, 0.2) is 0 Å². The molecule has 0 spiro atoms. The number of carbonyl (C=O) groups is 2. The van der Waals surface area contributed by atoms with Gasteiger partial charge in [-0.1, -0.05) is 0 Å². The van der Waals surface area contributed by atoms with Crippen molar-refractivity contribution in [2.24, 2.45) is 0 Å². The molecule has 0 saturated carbocycles. The number of nitrogens with one attached hydrogen (secondary N) is 1. The number of rotatable bonds is 8. The lowest BCUT2D eigenvalue weighted by molar-refractivity contribution is -0.137. The summed E-state index contributed by atoms with van der Waals surface area (Å²) in [5.41, 5.74) is 1.33. The summed E-state index contributed by atoms with van der Waals surface area (Å²) in [7, 11) is 0. The van der Waals surface area contributed by atoms with Crippen LogP contribution in [0.25, 0.3) is 0 Å². The number of hydrogen-bond acceptors (Lipinski definition) is 3. The molecule has 112 valence electrons. The molecule has 0 radical (unpaired) electrons. The van der Waals surface area contributed by atoms with Gasteiger partial charge in [-0.25, -0.2) is 0 Å². The number of carboxylic acid groups (broad SMARTS) is 1. The molecule has 1 rings (SSSR count). The fourth-order valence-corrected chi connectivity index (χ4v) is 3.11. The molecule has 0 aliphatic rings. The maximum absolute atomic E-state index is 11.7. The van der Waals surface area contributed by atoms with E-state index >= 15 is 0 Å². The zero-order valence-corrected chi connectivity index (χ0v) is 13.2. The Balaban J connectivity index is 2.23. The van der Waals surface area contributed by atoms with Crippen molar-refractivity contribution in [3.63, 3.8) is 0 Å². The Morgan fingerprint density at radius 2 is 2.05 bits per heavy atom. The van der Waals surface area contributed by atoms with Crippen LogP contribution in [0.3, 0.4) is 0 Å². The van der Waals surface area contributed by atoms with Gasteiger partial charge >= 0.3 is 5.97 Å². The van der Waals surface area contributed by atoms with Gasteiger partial charge in [0.2, 0.25) is 5.91 Å². The van der Waals surface area contributed by atoms with Crippen LogP contribution in [-0.2, 0) is 16.0 Å². The minimum Gasteiger partial charge on any atom is -0.481 e. The fourth-order valence-electron chi connectivity index (χ4n) is 2.13. The largest absolute Gasteiger partial charge is 0.481 e. The number of carboxylic acids is 1. The van der Waals surface area contributed by atoms with Crippen LogP contribution >= 0.6 is 11.3 Å². The minimum absolute atomic E-state index is 0.00694. The predicted octanol–water partition coefficient (Wildman–Crippen LogP) is 3.06. The van der Waals surface area contributed by atoms with E-state index in [0.717, 1.165) is 12.8 Å². The number of hydrogen-bond donors (Lipinski definition) is 2. The maximum Gasteiger partial charge on any atom is 0.303 e. The van der Waals surface area contributed by atoms with Crippen LogP contribution in [0.5, 0.6) is 0 Å². The SMILES string of the molecule is Cc1cc(CCCC(=O)NC(C)CCC(=O)O)c(C)s1. The fraction of sp³-hybridized carbons (Fsp3) is 0.600. The molecule has 0 fully saturated rings. The molecule has 1 atom stereocenters. The second kappa shape index (κ2) is 8.04. The Bertz CT molecular complexity index is 468. The number of thiophene rings is 1. The monoisotopic (exact) mass is 297 g/mol. The lowest BCUT2D eigenvalue weighted by atomic mass is 10.1. The van der Waals surface area contributed by atoms with E-state index in [2.05, 4.69) is 25.2 Å². The molecular weight excluding hydrogens is 274 g/mol. The van der Waals surface area contributed by atoms with Gasteiger partial charge in [-0.05, 0) is 51.7 Å². The summed E-state index contributed by atoms with van der Waals surface area (Å²) in [6, 6.07) is 2.11. The molecule has 0 aromatic carbocycles. The van der Waals surface area contributed by atoms with E-state index in [1.807, 2.05) is 6.92 Å². The summed E-state index contributed by atoms with van der Waals surface area (Å²) in [6.45, 7) is 6.05. The predicted molar refractivity (Wildman–Crippen MR) is 81.2 cm³/mol. The van der Waals surface area contributed by atoms with Crippen LogP contribution in [0.4, 0.5) is 0 Å². The number of amides is 1. The molecule has 2 N–H and O–H groups in total. The van der Waals surface area contributed by atoms with E-state index in [4.69, 9.17) is 5.11 Å². The van der Waals surface area contributed by atoms with Crippen molar-refractivity contribution in [2.75, 3.05) is 0 Å². The van der Waals surface area contributed by atoms with Crippen LogP contribution in [0, 0.1) is 13.8 Å². The maximum atomic E-state index is 11.7. The van der Waals surface area contributed by atoms with Crippen molar-refractivity contribution in [1.82, 2.24) is 5.32 Å². The van der Waals surface area contributed by atoms with Gasteiger partial charge < -0.3 is 10.4 Å². The van der Waals surface area contributed by atoms with Gasteiger partial charge in [0.25, 0.3) is 0 Å². The Hall–Kier alpha value is -1.36. The van der Waals surface area contributed by atoms with E-state index in [9.17, 15) is 9.59 Å². The molecule has 0 aliphatic heterocycles. The molecular formula is C15H23NO3S. The van der Waals surface area contributed by atoms with E-state index in [-0.39, 0.29) is 18.4 Å². The van der Waals surface area contributed by atoms with E-state index < -0.39 is 5.97 Å². The molecule has 1 unspecified atom stereocenters. The molecule has 20 heavy (non-hydrogen) atoms. The van der Waals surface area contributed by atoms with Crippen molar-refractivity contribution in [1.29, 1.82) is 0 Å². The first-order chi connectivity index (χ1) is 9.38. The third kappa shape index (κ3) is 6.19. The summed E-state index contributed by atoms with van der Waals surface area (Å²) >= 11 is 1.79. The summed E-state index contributed by atoms with van der Waals surface area (Å²) < 4.78 is 0. The van der Waals surface area contributed by atoms with Crippen molar-refractivity contribution in [2.45, 2.75) is 58.9 Å². The van der Waals surface area contributed by atoms with Crippen molar-refractivity contribution in [3.05, 3.63) is 21.4 Å². The van der Waals surface area contributed by atoms with Gasteiger partial charge in [-0.3, -0.25) is 9.59 Å². The first-order valence-electron chi connectivity index (χ1n) is 6.95. The first-order valence-corrected chi connectivity index (χ1v) is 7.77. The summed E-state index contributed by atoms with van der Waals surface area (Å²) in [6.07, 6.45) is 2.81. The van der Waals surface area contributed by atoms with Gasteiger partial charge in [-0.2, -0.15) is 0 Å². The quantitative estimate of drug-likeness (QED) is 0.775. The normalized spacial score (nSPS) is 12.2. The number of aliphatic carboxylic acids is 1. The van der Waals surface area contributed by atoms with E-state index in [0.29, 0.717) is 12.8 Å². The van der Waals surface area contributed by atoms with E-state index in [1.165, 1.54) is 15.3 Å². The van der Waals surface area contributed by atoms with Crippen molar-refractivity contribution >= 4 is 23.2 Å². The smallest absolute Gasteiger partial charge is 0.303 e. The molecule has 1 amide bonds. The Kier molecular flexibility index (Phi) is 6.71. The Morgan fingerprint density at radius 3 is 2.60 bits per heavy atom. The Labute approximate surface area is 124 Å². The van der Waals surface area contributed by atoms with Crippen molar-refractivity contribution in [3.8, 4) is 0 Å². The second-order valence-electron chi connectivity index (χ2n) is 5.19. The van der Waals surface area contributed by atoms with Crippen LogP contribution in [0.2, 0.25) is 0 Å². The lowest BCUT2D eigenvalue weighted by Crippen LogP contribution is -2.32. The molecule has 0 aliphatic carbocycles. The van der Waals surface area contributed by atoms with Crippen LogP contribution < -0.4 is 5.32 Å². The molecule has 4 nitrogen and oxygen atoms in total. The third-order valence-electron chi connectivity index (χ3n) is 3.19. The van der Waals surface area contributed by atoms with E-state index in [1.54, 1.807) is 11.3 Å². The zero-order chi connectivity index (χ0) is 15.1. The molecule has 5 heteroatoms. The average molecular weight is 297 g/mol. The number of aryl methyl sites for hydroxylation is 3. The molecule has 0 saturated heterocycles. The molecule has 1 heterocycles. The molecule has 1 aromatic heterocycles. The Morgan fingerprint density at radius 1 is 1.35 bits per heavy atom. The van der Waals surface area contributed by atoms with Gasteiger partial charge in [0.05, 0.1) is 0 Å². The zero-order valence-electron chi connectivity index (χ0n) is 12.4. The lowest BCUT2D eigenvalue weighted by Gasteiger charge is -2.12. The van der Waals surface area contributed by atoms with Crippen LogP contribution in [0.1, 0.15) is 47.9 Å². The number of carbonyl (C=O) groups excluding carboxylic acids is 1. The highest BCUT2D eigenvalue weighted by Gasteiger charge is 2.10. The minimum atomic E-state index is -0.825. The summed E-state index contributed by atoms with van der Waals surface area (Å²) in [5.74, 6) is -0.818. The van der Waals surface area contributed by atoms with Crippen LogP contribution in [-0.4, -0.2) is 23.0 Å². The van der Waals surface area contributed by atoms with Crippen molar-refractivity contribution < 1.29 is 14.7 Å². The van der Waals surface area contributed by atoms with Gasteiger partial charge in [-0.15, -0.1) is 11.3 Å². The highest BCUT2D eigenvalue weighted by Crippen LogP contribution is 2.22. The summed E-state index contributed by atoms with van der Waals surface area (Å²) in [5, 5.41) is 11.4.